The third-order valence-corrected chi connectivity index (χ3v) is 5.90. The van der Waals surface area contributed by atoms with Crippen LogP contribution in [0.3, 0.4) is 0 Å². The molecule has 4 rings (SSSR count). The van der Waals surface area contributed by atoms with Crippen molar-refractivity contribution in [3.8, 4) is 10.8 Å². The number of benzene rings is 1. The number of thioether (sulfide) groups is 1. The van der Waals surface area contributed by atoms with Gasteiger partial charge < -0.3 is 4.42 Å². The maximum atomic E-state index is 12.4. The van der Waals surface area contributed by atoms with Gasteiger partial charge >= 0.3 is 0 Å². The molecule has 0 saturated carbocycles. The lowest BCUT2D eigenvalue weighted by atomic mass is 10.2. The minimum atomic E-state index is -0.219. The summed E-state index contributed by atoms with van der Waals surface area (Å²) in [7, 11) is 0. The Hall–Kier alpha value is -2.49. The minimum absolute atomic E-state index is 0.219. The molecule has 1 amide bonds. The molecule has 0 radical (unpaired) electrons. The van der Waals surface area contributed by atoms with Gasteiger partial charge in [-0.05, 0) is 36.4 Å². The first-order valence-electron chi connectivity index (χ1n) is 7.56. The lowest BCUT2D eigenvalue weighted by molar-refractivity contribution is 0.102. The summed E-state index contributed by atoms with van der Waals surface area (Å²) in [4.78, 5) is 17.7. The van der Waals surface area contributed by atoms with Gasteiger partial charge in [-0.15, -0.1) is 33.3 Å². The number of anilines is 1. The second-order valence-corrected chi connectivity index (χ2v) is 7.88. The standard InChI is InChI=1S/C17H12N4O2S3/c22-15(19-17-21-20-16(26-17)14-2-1-7-23-14)11-3-5-13(6-4-11)25-9-12-8-24-10-18-12/h1-8,10H,9H2,(H,19,21,22). The van der Waals surface area contributed by atoms with Crippen molar-refractivity contribution in [2.75, 3.05) is 5.32 Å². The number of carbonyl (C=O) groups excluding carboxylic acids is 1. The fourth-order valence-electron chi connectivity index (χ4n) is 2.11. The maximum absolute atomic E-state index is 12.4. The zero-order valence-corrected chi connectivity index (χ0v) is 15.7. The van der Waals surface area contributed by atoms with Crippen LogP contribution in [0.1, 0.15) is 16.1 Å². The highest BCUT2D eigenvalue weighted by Crippen LogP contribution is 2.27. The van der Waals surface area contributed by atoms with Gasteiger partial charge in [-0.25, -0.2) is 4.98 Å². The molecule has 0 aliphatic heterocycles. The van der Waals surface area contributed by atoms with Crippen LogP contribution in [0.25, 0.3) is 10.8 Å². The third kappa shape index (κ3) is 4.01. The molecule has 0 aliphatic rings. The van der Waals surface area contributed by atoms with Crippen molar-refractivity contribution in [2.24, 2.45) is 0 Å². The number of carbonyl (C=O) groups is 1. The van der Waals surface area contributed by atoms with Crippen molar-refractivity contribution in [3.63, 3.8) is 0 Å². The van der Waals surface area contributed by atoms with Crippen molar-refractivity contribution in [1.82, 2.24) is 15.2 Å². The van der Waals surface area contributed by atoms with E-state index in [1.807, 2.05) is 23.0 Å². The van der Waals surface area contributed by atoms with Crippen LogP contribution in [0.2, 0.25) is 0 Å². The predicted molar refractivity (Wildman–Crippen MR) is 104 cm³/mol. The van der Waals surface area contributed by atoms with Crippen molar-refractivity contribution < 1.29 is 9.21 Å². The van der Waals surface area contributed by atoms with E-state index in [4.69, 9.17) is 4.42 Å². The summed E-state index contributed by atoms with van der Waals surface area (Å²) in [5.74, 6) is 1.22. The third-order valence-electron chi connectivity index (χ3n) is 3.36. The van der Waals surface area contributed by atoms with Gasteiger partial charge in [0.05, 0.1) is 17.5 Å². The first kappa shape index (κ1) is 17.0. The zero-order valence-electron chi connectivity index (χ0n) is 13.3. The van der Waals surface area contributed by atoms with Gasteiger partial charge in [-0.1, -0.05) is 11.3 Å². The molecular formula is C17H12N4O2S3. The average Bonchev–Trinajstić information content (AvgIpc) is 3.41. The molecule has 26 heavy (non-hydrogen) atoms. The second kappa shape index (κ2) is 7.81. The number of nitrogens with zero attached hydrogens (tertiary/aromatic N) is 3. The lowest BCUT2D eigenvalue weighted by Crippen LogP contribution is -2.11. The van der Waals surface area contributed by atoms with Crippen LogP contribution in [0, 0.1) is 0 Å². The number of rotatable bonds is 6. The minimum Gasteiger partial charge on any atom is -0.462 e. The van der Waals surface area contributed by atoms with E-state index in [2.05, 4.69) is 20.5 Å². The average molecular weight is 401 g/mol. The van der Waals surface area contributed by atoms with Crippen molar-refractivity contribution in [2.45, 2.75) is 10.6 Å². The molecule has 9 heteroatoms. The Morgan fingerprint density at radius 2 is 2.08 bits per heavy atom. The molecule has 0 fully saturated rings. The highest BCUT2D eigenvalue weighted by Gasteiger charge is 2.12. The summed E-state index contributed by atoms with van der Waals surface area (Å²) in [5, 5.41) is 13.9. The Balaban J connectivity index is 1.37. The van der Waals surface area contributed by atoms with Gasteiger partial charge in [0.15, 0.2) is 10.8 Å². The number of hydrogen-bond acceptors (Lipinski definition) is 8. The quantitative estimate of drug-likeness (QED) is 0.468. The van der Waals surface area contributed by atoms with Crippen LogP contribution in [0.5, 0.6) is 0 Å². The topological polar surface area (TPSA) is 80.9 Å². The van der Waals surface area contributed by atoms with Crippen LogP contribution in [0.4, 0.5) is 5.13 Å². The first-order valence-corrected chi connectivity index (χ1v) is 10.3. The Kier molecular flexibility index (Phi) is 5.09. The van der Waals surface area contributed by atoms with Crippen LogP contribution in [0.15, 0.2) is 62.9 Å². The number of aromatic nitrogens is 3. The molecule has 0 saturated heterocycles. The summed E-state index contributed by atoms with van der Waals surface area (Å²) in [6, 6.07) is 11.0. The molecular weight excluding hydrogens is 388 g/mol. The van der Waals surface area contributed by atoms with E-state index in [-0.39, 0.29) is 5.91 Å². The van der Waals surface area contributed by atoms with E-state index in [9.17, 15) is 4.79 Å². The first-order chi connectivity index (χ1) is 12.8. The van der Waals surface area contributed by atoms with Gasteiger partial charge in [0.25, 0.3) is 5.91 Å². The monoisotopic (exact) mass is 400 g/mol. The summed E-state index contributed by atoms with van der Waals surface area (Å²) < 4.78 is 5.27. The zero-order chi connectivity index (χ0) is 17.8. The van der Waals surface area contributed by atoms with E-state index in [0.29, 0.717) is 21.5 Å². The lowest BCUT2D eigenvalue weighted by Gasteiger charge is -2.03. The molecule has 3 aromatic heterocycles. The van der Waals surface area contributed by atoms with Crippen LogP contribution in [-0.4, -0.2) is 21.1 Å². The van der Waals surface area contributed by atoms with E-state index in [1.165, 1.54) is 11.3 Å². The predicted octanol–water partition coefficient (Wildman–Crippen LogP) is 4.80. The molecule has 6 nitrogen and oxygen atoms in total. The molecule has 0 spiro atoms. The van der Waals surface area contributed by atoms with Crippen molar-refractivity contribution in [3.05, 3.63) is 64.8 Å². The molecule has 130 valence electrons. The van der Waals surface area contributed by atoms with Crippen LogP contribution < -0.4 is 5.32 Å². The van der Waals surface area contributed by atoms with Gasteiger partial charge in [0.1, 0.15) is 0 Å². The second-order valence-electron chi connectivity index (χ2n) is 5.14. The van der Waals surface area contributed by atoms with Crippen molar-refractivity contribution >= 4 is 45.5 Å². The normalized spacial score (nSPS) is 10.8. The molecule has 3 heterocycles. The SMILES string of the molecule is O=C(Nc1nnc(-c2ccco2)s1)c1ccc(SCc2cscn2)cc1. The Bertz CT molecular complexity index is 980. The van der Waals surface area contributed by atoms with E-state index in [1.54, 1.807) is 53.6 Å². The molecule has 0 aliphatic carbocycles. The van der Waals surface area contributed by atoms with Gasteiger partial charge in [0, 0.05) is 21.6 Å². The summed E-state index contributed by atoms with van der Waals surface area (Å²) in [5.41, 5.74) is 3.46. The van der Waals surface area contributed by atoms with E-state index >= 15 is 0 Å². The summed E-state index contributed by atoms with van der Waals surface area (Å²) in [6.45, 7) is 0. The smallest absolute Gasteiger partial charge is 0.257 e. The van der Waals surface area contributed by atoms with Crippen molar-refractivity contribution in [1.29, 1.82) is 0 Å². The fourth-order valence-corrected chi connectivity index (χ4v) is 4.28. The molecule has 4 aromatic rings. The number of amides is 1. The van der Waals surface area contributed by atoms with E-state index < -0.39 is 0 Å². The highest BCUT2D eigenvalue weighted by molar-refractivity contribution is 7.98. The number of furan rings is 1. The molecule has 1 N–H and O–H groups in total. The Morgan fingerprint density at radius 3 is 2.81 bits per heavy atom. The molecule has 0 unspecified atom stereocenters. The highest BCUT2D eigenvalue weighted by atomic mass is 32.2. The van der Waals surface area contributed by atoms with Gasteiger partial charge in [0.2, 0.25) is 5.13 Å². The Morgan fingerprint density at radius 1 is 1.19 bits per heavy atom. The van der Waals surface area contributed by atoms with Gasteiger partial charge in [-0.3, -0.25) is 10.1 Å². The molecule has 0 bridgehead atoms. The maximum Gasteiger partial charge on any atom is 0.257 e. The fraction of sp³-hybridized carbons (Fsp3) is 0.0588. The summed E-state index contributed by atoms with van der Waals surface area (Å²) >= 11 is 4.54. The van der Waals surface area contributed by atoms with Crippen LogP contribution in [-0.2, 0) is 5.75 Å². The largest absolute Gasteiger partial charge is 0.462 e. The summed E-state index contributed by atoms with van der Waals surface area (Å²) in [6.07, 6.45) is 1.57. The molecule has 0 atom stereocenters. The van der Waals surface area contributed by atoms with Crippen LogP contribution >= 0.6 is 34.4 Å². The molecule has 1 aromatic carbocycles. The number of hydrogen-bond donors (Lipinski definition) is 1. The Labute approximate surface area is 161 Å². The number of thiazole rings is 1. The van der Waals surface area contributed by atoms with Gasteiger partial charge in [-0.2, -0.15) is 0 Å². The van der Waals surface area contributed by atoms with E-state index in [0.717, 1.165) is 16.3 Å². The number of nitrogens with one attached hydrogen (secondary N) is 1.